The number of hydrogen-bond donors (Lipinski definition) is 1. The monoisotopic (exact) mass is 357 g/mol. The number of amides is 1. The highest BCUT2D eigenvalue weighted by atomic mass is 79.9. The van der Waals surface area contributed by atoms with Crippen molar-refractivity contribution in [3.05, 3.63) is 22.2 Å². The lowest BCUT2D eigenvalue weighted by molar-refractivity contribution is -0.129. The number of ether oxygens (including phenoxy) is 3. The van der Waals surface area contributed by atoms with Crippen molar-refractivity contribution in [3.63, 3.8) is 0 Å². The number of halogens is 1. The number of methoxy groups -OCH3 is 2. The van der Waals surface area contributed by atoms with Gasteiger partial charge in [-0.3, -0.25) is 4.79 Å². The molecule has 0 radical (unpaired) electrons. The zero-order valence-electron chi connectivity index (χ0n) is 12.3. The van der Waals surface area contributed by atoms with Crippen LogP contribution in [-0.4, -0.2) is 39.4 Å². The van der Waals surface area contributed by atoms with Gasteiger partial charge in [-0.1, -0.05) is 15.9 Å². The fourth-order valence-electron chi connectivity index (χ4n) is 2.31. The summed E-state index contributed by atoms with van der Waals surface area (Å²) in [5.74, 6) is 1.33. The summed E-state index contributed by atoms with van der Waals surface area (Å²) >= 11 is 3.51. The Balaban J connectivity index is 1.92. The van der Waals surface area contributed by atoms with Gasteiger partial charge in [0.05, 0.1) is 14.2 Å². The van der Waals surface area contributed by atoms with E-state index >= 15 is 0 Å². The van der Waals surface area contributed by atoms with Gasteiger partial charge in [0.1, 0.15) is 6.10 Å². The molecular weight excluding hydrogens is 338 g/mol. The van der Waals surface area contributed by atoms with Gasteiger partial charge in [-0.2, -0.15) is 0 Å². The lowest BCUT2D eigenvalue weighted by atomic mass is 10.1. The molecule has 1 amide bonds. The summed E-state index contributed by atoms with van der Waals surface area (Å²) in [4.78, 5) is 11.9. The maximum absolute atomic E-state index is 11.9. The topological polar surface area (TPSA) is 56.8 Å². The van der Waals surface area contributed by atoms with Crippen molar-refractivity contribution in [3.8, 4) is 11.5 Å². The fourth-order valence-corrected chi connectivity index (χ4v) is 2.83. The highest BCUT2D eigenvalue weighted by Crippen LogP contribution is 2.33. The van der Waals surface area contributed by atoms with Crippen LogP contribution < -0.4 is 14.8 Å². The Kier molecular flexibility index (Phi) is 5.87. The van der Waals surface area contributed by atoms with Crippen LogP contribution >= 0.6 is 15.9 Å². The Morgan fingerprint density at radius 2 is 2.10 bits per heavy atom. The maximum Gasteiger partial charge on any atom is 0.249 e. The standard InChI is InChI=1S/C15H20BrNO4/c1-19-13-8-10(11(16)9-14(13)20-2)5-6-17-15(18)12-4-3-7-21-12/h8-9,12H,3-7H2,1-2H3,(H,17,18). The first-order chi connectivity index (χ1) is 10.2. The third kappa shape index (κ3) is 4.11. The Morgan fingerprint density at radius 1 is 1.38 bits per heavy atom. The molecule has 1 unspecified atom stereocenters. The van der Waals surface area contributed by atoms with Gasteiger partial charge in [-0.15, -0.1) is 0 Å². The molecular formula is C15H20BrNO4. The Bertz CT molecular complexity index is 501. The van der Waals surface area contributed by atoms with Gasteiger partial charge in [0.25, 0.3) is 0 Å². The van der Waals surface area contributed by atoms with Crippen molar-refractivity contribution in [2.24, 2.45) is 0 Å². The lowest BCUT2D eigenvalue weighted by Gasteiger charge is -2.13. The predicted octanol–water partition coefficient (Wildman–Crippen LogP) is 2.30. The van der Waals surface area contributed by atoms with E-state index in [9.17, 15) is 4.79 Å². The van der Waals surface area contributed by atoms with Crippen molar-refractivity contribution in [1.29, 1.82) is 0 Å². The van der Waals surface area contributed by atoms with Crippen LogP contribution in [0.1, 0.15) is 18.4 Å². The third-order valence-electron chi connectivity index (χ3n) is 3.47. The first kappa shape index (κ1) is 16.1. The van der Waals surface area contributed by atoms with Crippen molar-refractivity contribution in [1.82, 2.24) is 5.32 Å². The average molecular weight is 358 g/mol. The Hall–Kier alpha value is -1.27. The molecule has 1 fully saturated rings. The first-order valence-electron chi connectivity index (χ1n) is 6.95. The molecule has 2 rings (SSSR count). The van der Waals surface area contributed by atoms with Crippen LogP contribution in [0.4, 0.5) is 0 Å². The van der Waals surface area contributed by atoms with Crippen LogP contribution in [0, 0.1) is 0 Å². The maximum atomic E-state index is 11.9. The summed E-state index contributed by atoms with van der Waals surface area (Å²) < 4.78 is 16.8. The molecule has 1 aromatic rings. The molecule has 1 saturated heterocycles. The molecule has 1 aliphatic rings. The molecule has 1 aromatic carbocycles. The van der Waals surface area contributed by atoms with Gasteiger partial charge in [-0.05, 0) is 37.0 Å². The van der Waals surface area contributed by atoms with Crippen LogP contribution in [0.5, 0.6) is 11.5 Å². The molecule has 0 spiro atoms. The number of carbonyl (C=O) groups excluding carboxylic acids is 1. The van der Waals surface area contributed by atoms with Gasteiger partial charge in [0, 0.05) is 17.6 Å². The smallest absolute Gasteiger partial charge is 0.249 e. The van der Waals surface area contributed by atoms with Crippen LogP contribution in [0.15, 0.2) is 16.6 Å². The summed E-state index contributed by atoms with van der Waals surface area (Å²) in [7, 11) is 3.21. The summed E-state index contributed by atoms with van der Waals surface area (Å²) in [5.41, 5.74) is 1.06. The molecule has 0 saturated carbocycles. The number of rotatable bonds is 6. The summed E-state index contributed by atoms with van der Waals surface area (Å²) in [6, 6.07) is 3.79. The summed E-state index contributed by atoms with van der Waals surface area (Å²) in [6.07, 6.45) is 2.20. The Morgan fingerprint density at radius 3 is 2.71 bits per heavy atom. The summed E-state index contributed by atoms with van der Waals surface area (Å²) in [5, 5.41) is 2.91. The largest absolute Gasteiger partial charge is 0.493 e. The van der Waals surface area contributed by atoms with Crippen LogP contribution in [0.2, 0.25) is 0 Å². The minimum atomic E-state index is -0.279. The number of carbonyl (C=O) groups is 1. The number of benzene rings is 1. The van der Waals surface area contributed by atoms with Gasteiger partial charge in [0.15, 0.2) is 11.5 Å². The minimum absolute atomic E-state index is 0.0240. The van der Waals surface area contributed by atoms with Crippen LogP contribution in [0.25, 0.3) is 0 Å². The molecule has 21 heavy (non-hydrogen) atoms. The fraction of sp³-hybridized carbons (Fsp3) is 0.533. The van der Waals surface area contributed by atoms with Crippen molar-refractivity contribution in [2.75, 3.05) is 27.4 Å². The van der Waals surface area contributed by atoms with E-state index in [0.29, 0.717) is 31.1 Å². The SMILES string of the molecule is COc1cc(Br)c(CCNC(=O)C2CCCO2)cc1OC. The number of hydrogen-bond acceptors (Lipinski definition) is 4. The van der Waals surface area contributed by atoms with Crippen LogP contribution in [0.3, 0.4) is 0 Å². The van der Waals surface area contributed by atoms with Crippen LogP contribution in [-0.2, 0) is 16.0 Å². The zero-order valence-corrected chi connectivity index (χ0v) is 13.9. The second-order valence-electron chi connectivity index (χ2n) is 4.84. The van der Waals surface area contributed by atoms with Crippen molar-refractivity contribution >= 4 is 21.8 Å². The second-order valence-corrected chi connectivity index (χ2v) is 5.70. The molecule has 0 aliphatic carbocycles. The van der Waals surface area contributed by atoms with Gasteiger partial charge in [-0.25, -0.2) is 0 Å². The van der Waals surface area contributed by atoms with Gasteiger partial charge < -0.3 is 19.5 Å². The highest BCUT2D eigenvalue weighted by Gasteiger charge is 2.23. The molecule has 1 heterocycles. The van der Waals surface area contributed by atoms with E-state index < -0.39 is 0 Å². The molecule has 1 N–H and O–H groups in total. The first-order valence-corrected chi connectivity index (χ1v) is 7.74. The molecule has 1 atom stereocenters. The van der Waals surface area contributed by atoms with Crippen molar-refractivity contribution < 1.29 is 19.0 Å². The van der Waals surface area contributed by atoms with E-state index in [4.69, 9.17) is 14.2 Å². The molecule has 1 aliphatic heterocycles. The van der Waals surface area contributed by atoms with E-state index in [1.165, 1.54) is 0 Å². The normalized spacial score (nSPS) is 17.6. The molecule has 6 heteroatoms. The Labute approximate surface area is 133 Å². The summed E-state index contributed by atoms with van der Waals surface area (Å²) in [6.45, 7) is 1.24. The highest BCUT2D eigenvalue weighted by molar-refractivity contribution is 9.10. The number of nitrogens with one attached hydrogen (secondary N) is 1. The predicted molar refractivity (Wildman–Crippen MR) is 82.9 cm³/mol. The molecule has 116 valence electrons. The minimum Gasteiger partial charge on any atom is -0.493 e. The third-order valence-corrected chi connectivity index (χ3v) is 4.21. The second kappa shape index (κ2) is 7.66. The van der Waals surface area contributed by atoms with E-state index in [2.05, 4.69) is 21.2 Å². The lowest BCUT2D eigenvalue weighted by Crippen LogP contribution is -2.35. The average Bonchev–Trinajstić information content (AvgIpc) is 3.02. The van der Waals surface area contributed by atoms with Gasteiger partial charge in [0.2, 0.25) is 5.91 Å². The molecule has 5 nitrogen and oxygen atoms in total. The van der Waals surface area contributed by atoms with Gasteiger partial charge >= 0.3 is 0 Å². The van der Waals surface area contributed by atoms with E-state index in [-0.39, 0.29) is 12.0 Å². The van der Waals surface area contributed by atoms with Crippen molar-refractivity contribution in [2.45, 2.75) is 25.4 Å². The molecule has 0 aromatic heterocycles. The van der Waals surface area contributed by atoms with E-state index in [1.807, 2.05) is 12.1 Å². The quantitative estimate of drug-likeness (QED) is 0.848. The molecule has 0 bridgehead atoms. The van der Waals surface area contributed by atoms with E-state index in [0.717, 1.165) is 22.9 Å². The zero-order chi connectivity index (χ0) is 15.2. The van der Waals surface area contributed by atoms with E-state index in [1.54, 1.807) is 14.2 Å².